The van der Waals surface area contributed by atoms with Gasteiger partial charge in [-0.3, -0.25) is 9.36 Å². The van der Waals surface area contributed by atoms with Crippen LogP contribution >= 0.6 is 12.2 Å². The first kappa shape index (κ1) is 8.20. The Morgan fingerprint density at radius 2 is 2.00 bits per heavy atom. The molecule has 0 bridgehead atoms. The van der Waals surface area contributed by atoms with Crippen LogP contribution in [0.2, 0.25) is 0 Å². The highest BCUT2D eigenvalue weighted by molar-refractivity contribution is 7.71. The third-order valence-corrected chi connectivity index (χ3v) is 2.16. The lowest BCUT2D eigenvalue weighted by Crippen LogP contribution is -2.22. The molecule has 0 radical (unpaired) electrons. The van der Waals surface area contributed by atoms with Gasteiger partial charge in [0.15, 0.2) is 4.77 Å². The highest BCUT2D eigenvalue weighted by atomic mass is 32.1. The van der Waals surface area contributed by atoms with Gasteiger partial charge >= 0.3 is 0 Å². The summed E-state index contributed by atoms with van der Waals surface area (Å²) in [5, 5.41) is 0. The summed E-state index contributed by atoms with van der Waals surface area (Å²) in [6, 6.07) is 0. The standard InChI is InChI=1S/C7H10N2OS/c1-4-5(2)8-7(11)9(3)6(4)10/h1-3H3,(H,8,11). The molecule has 0 aliphatic heterocycles. The highest BCUT2D eigenvalue weighted by Crippen LogP contribution is 1.94. The third-order valence-electron chi connectivity index (χ3n) is 1.79. The maximum absolute atomic E-state index is 11.3. The van der Waals surface area contributed by atoms with E-state index in [4.69, 9.17) is 12.2 Å². The summed E-state index contributed by atoms with van der Waals surface area (Å²) in [4.78, 5) is 14.2. The number of hydrogen-bond donors (Lipinski definition) is 1. The van der Waals surface area contributed by atoms with Crippen LogP contribution in [0.15, 0.2) is 4.79 Å². The Labute approximate surface area is 69.7 Å². The van der Waals surface area contributed by atoms with Crippen LogP contribution in [0, 0.1) is 18.6 Å². The Hall–Kier alpha value is -0.900. The predicted molar refractivity (Wildman–Crippen MR) is 46.3 cm³/mol. The minimum Gasteiger partial charge on any atom is -0.336 e. The van der Waals surface area contributed by atoms with E-state index in [2.05, 4.69) is 4.98 Å². The molecular formula is C7H10N2OS. The van der Waals surface area contributed by atoms with Gasteiger partial charge in [-0.15, -0.1) is 0 Å². The van der Waals surface area contributed by atoms with Crippen LogP contribution in [-0.2, 0) is 7.05 Å². The second-order valence-electron chi connectivity index (χ2n) is 2.54. The molecule has 0 aliphatic carbocycles. The monoisotopic (exact) mass is 170 g/mol. The summed E-state index contributed by atoms with van der Waals surface area (Å²) in [7, 11) is 1.66. The van der Waals surface area contributed by atoms with Crippen LogP contribution in [0.3, 0.4) is 0 Å². The number of aryl methyl sites for hydroxylation is 1. The molecule has 4 heteroatoms. The summed E-state index contributed by atoms with van der Waals surface area (Å²) >= 11 is 4.90. The molecule has 1 heterocycles. The average Bonchev–Trinajstić information content (AvgIpc) is 1.97. The maximum atomic E-state index is 11.3. The highest BCUT2D eigenvalue weighted by Gasteiger charge is 2.00. The van der Waals surface area contributed by atoms with Crippen molar-refractivity contribution in [1.82, 2.24) is 9.55 Å². The van der Waals surface area contributed by atoms with Crippen molar-refractivity contribution < 1.29 is 0 Å². The van der Waals surface area contributed by atoms with Crippen LogP contribution in [0.5, 0.6) is 0 Å². The van der Waals surface area contributed by atoms with Crippen molar-refractivity contribution in [3.8, 4) is 0 Å². The number of aromatic nitrogens is 2. The van der Waals surface area contributed by atoms with Crippen molar-refractivity contribution in [2.75, 3.05) is 0 Å². The first-order valence-corrected chi connectivity index (χ1v) is 3.71. The number of rotatable bonds is 0. The van der Waals surface area contributed by atoms with Crippen LogP contribution in [0.1, 0.15) is 11.3 Å². The van der Waals surface area contributed by atoms with E-state index < -0.39 is 0 Å². The summed E-state index contributed by atoms with van der Waals surface area (Å²) in [6.45, 7) is 3.62. The van der Waals surface area contributed by atoms with Gasteiger partial charge in [-0.2, -0.15) is 0 Å². The van der Waals surface area contributed by atoms with Gasteiger partial charge in [0.2, 0.25) is 0 Å². The fourth-order valence-electron chi connectivity index (χ4n) is 0.842. The summed E-state index contributed by atoms with van der Waals surface area (Å²) in [6.07, 6.45) is 0. The minimum atomic E-state index is -0.0220. The van der Waals surface area contributed by atoms with E-state index in [0.717, 1.165) is 11.3 Å². The maximum Gasteiger partial charge on any atom is 0.257 e. The Morgan fingerprint density at radius 1 is 1.45 bits per heavy atom. The first-order valence-electron chi connectivity index (χ1n) is 3.30. The Morgan fingerprint density at radius 3 is 2.55 bits per heavy atom. The molecule has 0 fully saturated rings. The summed E-state index contributed by atoms with van der Waals surface area (Å²) in [5.41, 5.74) is 1.55. The number of nitrogens with zero attached hydrogens (tertiary/aromatic N) is 1. The third kappa shape index (κ3) is 1.26. The fourth-order valence-corrected chi connectivity index (χ4v) is 1.08. The normalized spacial score (nSPS) is 10.1. The molecule has 0 saturated carbocycles. The summed E-state index contributed by atoms with van der Waals surface area (Å²) < 4.78 is 1.90. The second kappa shape index (κ2) is 2.62. The SMILES string of the molecule is Cc1[nH]c(=S)n(C)c(=O)c1C. The zero-order valence-corrected chi connectivity index (χ0v) is 7.58. The van der Waals surface area contributed by atoms with Gasteiger partial charge < -0.3 is 4.98 Å². The first-order chi connectivity index (χ1) is 5.04. The molecule has 1 rings (SSSR count). The van der Waals surface area contributed by atoms with Crippen LogP contribution in [0.4, 0.5) is 0 Å². The zero-order valence-electron chi connectivity index (χ0n) is 6.76. The van der Waals surface area contributed by atoms with E-state index >= 15 is 0 Å². The minimum absolute atomic E-state index is 0.0220. The molecule has 0 unspecified atom stereocenters. The van der Waals surface area contributed by atoms with Gasteiger partial charge in [0.25, 0.3) is 5.56 Å². The summed E-state index contributed by atoms with van der Waals surface area (Å²) in [5.74, 6) is 0. The Balaban J connectivity index is 3.74. The average molecular weight is 170 g/mol. The molecule has 0 spiro atoms. The molecule has 1 aromatic heterocycles. The fraction of sp³-hybridized carbons (Fsp3) is 0.429. The smallest absolute Gasteiger partial charge is 0.257 e. The van der Waals surface area contributed by atoms with Crippen molar-refractivity contribution in [3.05, 3.63) is 26.4 Å². The lowest BCUT2D eigenvalue weighted by molar-refractivity contribution is 0.782. The van der Waals surface area contributed by atoms with Crippen molar-refractivity contribution in [2.45, 2.75) is 13.8 Å². The van der Waals surface area contributed by atoms with E-state index in [1.165, 1.54) is 4.57 Å². The lowest BCUT2D eigenvalue weighted by atomic mass is 10.3. The molecule has 11 heavy (non-hydrogen) atoms. The Bertz CT molecular complexity index is 388. The van der Waals surface area contributed by atoms with Gasteiger partial charge in [-0.1, -0.05) is 0 Å². The van der Waals surface area contributed by atoms with Crippen molar-refractivity contribution in [3.63, 3.8) is 0 Å². The molecular weight excluding hydrogens is 160 g/mol. The van der Waals surface area contributed by atoms with E-state index in [9.17, 15) is 4.79 Å². The van der Waals surface area contributed by atoms with Gasteiger partial charge in [-0.05, 0) is 26.1 Å². The number of aromatic amines is 1. The molecule has 1 N–H and O–H groups in total. The van der Waals surface area contributed by atoms with Gasteiger partial charge in [0.05, 0.1) is 0 Å². The molecule has 1 aromatic rings. The van der Waals surface area contributed by atoms with Gasteiger partial charge in [-0.25, -0.2) is 0 Å². The topological polar surface area (TPSA) is 37.8 Å². The van der Waals surface area contributed by atoms with Gasteiger partial charge in [0, 0.05) is 18.3 Å². The lowest BCUT2D eigenvalue weighted by Gasteiger charge is -2.02. The molecule has 0 amide bonds. The number of nitrogens with one attached hydrogen (secondary N) is 1. The molecule has 3 nitrogen and oxygen atoms in total. The number of hydrogen-bond acceptors (Lipinski definition) is 2. The van der Waals surface area contributed by atoms with Crippen molar-refractivity contribution in [1.29, 1.82) is 0 Å². The Kier molecular flexibility index (Phi) is 1.95. The second-order valence-corrected chi connectivity index (χ2v) is 2.93. The molecule has 0 aromatic carbocycles. The zero-order chi connectivity index (χ0) is 8.59. The van der Waals surface area contributed by atoms with Crippen LogP contribution < -0.4 is 5.56 Å². The van der Waals surface area contributed by atoms with Gasteiger partial charge in [0.1, 0.15) is 0 Å². The predicted octanol–water partition coefficient (Wildman–Crippen LogP) is 1.06. The van der Waals surface area contributed by atoms with Crippen molar-refractivity contribution >= 4 is 12.2 Å². The molecule has 0 aliphatic rings. The van der Waals surface area contributed by atoms with Crippen molar-refractivity contribution in [2.24, 2.45) is 7.05 Å². The quantitative estimate of drug-likeness (QED) is 0.591. The van der Waals surface area contributed by atoms with Crippen LogP contribution in [-0.4, -0.2) is 9.55 Å². The van der Waals surface area contributed by atoms with Crippen LogP contribution in [0.25, 0.3) is 0 Å². The number of H-pyrrole nitrogens is 1. The molecule has 0 saturated heterocycles. The van der Waals surface area contributed by atoms with E-state index in [0.29, 0.717) is 4.77 Å². The largest absolute Gasteiger partial charge is 0.336 e. The van der Waals surface area contributed by atoms with E-state index in [-0.39, 0.29) is 5.56 Å². The molecule has 0 atom stereocenters. The molecule has 60 valence electrons. The van der Waals surface area contributed by atoms with E-state index in [1.807, 2.05) is 6.92 Å². The van der Waals surface area contributed by atoms with E-state index in [1.54, 1.807) is 14.0 Å².